The zero-order chi connectivity index (χ0) is 61.6. The summed E-state index contributed by atoms with van der Waals surface area (Å²) in [6.07, 6.45) is 0. The molecule has 0 spiro atoms. The second kappa shape index (κ2) is 18.8. The Kier molecular flexibility index (Phi) is 10.2. The molecule has 6 nitrogen and oxygen atoms in total. The Bertz CT molecular complexity index is 6900. The average molecular weight is 1190 g/mol. The molecule has 21 aromatic rings. The Balaban J connectivity index is 1.14. The molecular weight excluding hydrogens is 1140 g/mol. The number of rotatable bonds is 4. The van der Waals surface area contributed by atoms with Crippen molar-refractivity contribution in [3.63, 3.8) is 0 Å². The number of fused-ring (bicyclic) bond motifs is 32. The minimum Gasteiger partial charge on any atom is -0.306 e. The highest BCUT2D eigenvalue weighted by atomic mass is 15.1. The van der Waals surface area contributed by atoms with Gasteiger partial charge in [0.15, 0.2) is 0 Å². The van der Waals surface area contributed by atoms with E-state index in [0.29, 0.717) is 33.9 Å². The van der Waals surface area contributed by atoms with Crippen LogP contribution in [0, 0.1) is 22.7 Å². The lowest BCUT2D eigenvalue weighted by atomic mass is 9.95. The SMILES string of the molecule is N#Cc1c(-n2c3ccccc3c3c4ccccc4c4ccccc4c32)c(C#N)c(-n2c3ccccc3c3c4ccccc4c4ccccc4c32)c(-n2c3ccccc3c3c4ccccc4c4ccccc4c32)c1-n1c2ccccc2c2c3ccccc3c3ccccc3c21. The molecule has 0 N–H and O–H groups in total. The molecule has 0 aliphatic carbocycles. The van der Waals surface area contributed by atoms with E-state index < -0.39 is 0 Å². The van der Waals surface area contributed by atoms with Crippen LogP contribution in [-0.4, -0.2) is 18.3 Å². The number of benzene rings is 17. The van der Waals surface area contributed by atoms with Gasteiger partial charge in [-0.25, -0.2) is 0 Å². The molecule has 0 atom stereocenters. The van der Waals surface area contributed by atoms with E-state index in [4.69, 9.17) is 0 Å². The van der Waals surface area contributed by atoms with Crippen molar-refractivity contribution in [1.82, 2.24) is 18.3 Å². The fourth-order valence-electron chi connectivity index (χ4n) is 17.2. The molecule has 0 saturated heterocycles. The maximum atomic E-state index is 13.5. The molecule has 4 heterocycles. The number of aromatic nitrogens is 4. The van der Waals surface area contributed by atoms with E-state index in [1.807, 2.05) is 0 Å². The molecule has 4 aromatic heterocycles. The first-order chi connectivity index (χ1) is 46.7. The highest BCUT2D eigenvalue weighted by Gasteiger charge is 2.37. The Morgan fingerprint density at radius 1 is 0.170 bits per heavy atom. The molecule has 0 amide bonds. The molecule has 0 radical (unpaired) electrons. The maximum Gasteiger partial charge on any atom is 0.104 e. The van der Waals surface area contributed by atoms with E-state index in [-0.39, 0.29) is 0 Å². The first-order valence-electron chi connectivity index (χ1n) is 32.1. The summed E-state index contributed by atoms with van der Waals surface area (Å²) in [5.41, 5.74) is 10.6. The molecule has 0 aliphatic rings. The summed E-state index contributed by atoms with van der Waals surface area (Å²) in [4.78, 5) is 0. The van der Waals surface area contributed by atoms with Crippen LogP contribution in [0.25, 0.3) is 196 Å². The van der Waals surface area contributed by atoms with Crippen LogP contribution >= 0.6 is 0 Å². The molecule has 0 bridgehead atoms. The summed E-state index contributed by atoms with van der Waals surface area (Å²) in [5.74, 6) is 0. The first kappa shape index (κ1) is 50.8. The van der Waals surface area contributed by atoms with E-state index >= 15 is 0 Å². The highest BCUT2D eigenvalue weighted by Crippen LogP contribution is 2.54. The summed E-state index contributed by atoms with van der Waals surface area (Å²) in [5, 5.41) is 52.9. The lowest BCUT2D eigenvalue weighted by Gasteiger charge is -2.28. The monoisotopic (exact) mass is 1190 g/mol. The third kappa shape index (κ3) is 6.36. The van der Waals surface area contributed by atoms with Crippen LogP contribution in [-0.2, 0) is 0 Å². The number of nitriles is 2. The molecule has 17 aromatic carbocycles. The van der Waals surface area contributed by atoms with E-state index in [1.165, 1.54) is 0 Å². The van der Waals surface area contributed by atoms with Gasteiger partial charge in [0.05, 0.1) is 66.9 Å². The maximum absolute atomic E-state index is 13.5. The van der Waals surface area contributed by atoms with Gasteiger partial charge < -0.3 is 18.3 Å². The molecule has 94 heavy (non-hydrogen) atoms. The number of nitrogens with zero attached hydrogens (tertiary/aromatic N) is 6. The van der Waals surface area contributed by atoms with Gasteiger partial charge in [-0.2, -0.15) is 10.5 Å². The Morgan fingerprint density at radius 3 is 0.574 bits per heavy atom. The second-order valence-electron chi connectivity index (χ2n) is 25.0. The molecule has 21 rings (SSSR count). The van der Waals surface area contributed by atoms with Gasteiger partial charge in [0.1, 0.15) is 23.3 Å². The smallest absolute Gasteiger partial charge is 0.104 e. The summed E-state index contributed by atoms with van der Waals surface area (Å²) in [7, 11) is 0. The van der Waals surface area contributed by atoms with Crippen molar-refractivity contribution >= 4 is 173 Å². The van der Waals surface area contributed by atoms with Crippen molar-refractivity contribution in [1.29, 1.82) is 10.5 Å². The van der Waals surface area contributed by atoms with E-state index in [1.54, 1.807) is 0 Å². The van der Waals surface area contributed by atoms with Crippen molar-refractivity contribution in [3.8, 4) is 34.9 Å². The predicted molar refractivity (Wildman–Crippen MR) is 393 cm³/mol. The normalized spacial score (nSPS) is 12.2. The fourth-order valence-corrected chi connectivity index (χ4v) is 17.2. The van der Waals surface area contributed by atoms with Gasteiger partial charge in [-0.3, -0.25) is 0 Å². The van der Waals surface area contributed by atoms with Crippen molar-refractivity contribution in [2.24, 2.45) is 0 Å². The lowest BCUT2D eigenvalue weighted by Crippen LogP contribution is -2.17. The van der Waals surface area contributed by atoms with Crippen LogP contribution in [0.3, 0.4) is 0 Å². The number of hydrogen-bond donors (Lipinski definition) is 0. The van der Waals surface area contributed by atoms with Crippen molar-refractivity contribution in [3.05, 3.63) is 302 Å². The Hall–Kier alpha value is -13.0. The molecule has 0 fully saturated rings. The van der Waals surface area contributed by atoms with Gasteiger partial charge >= 0.3 is 0 Å². The highest BCUT2D eigenvalue weighted by molar-refractivity contribution is 6.37. The van der Waals surface area contributed by atoms with Gasteiger partial charge in [-0.05, 0) is 88.9 Å². The van der Waals surface area contributed by atoms with E-state index in [9.17, 15) is 10.5 Å². The van der Waals surface area contributed by atoms with Crippen molar-refractivity contribution in [2.45, 2.75) is 0 Å². The standard InChI is InChI=1S/C88H48N6/c89-49-71-81(91-73-45-21-17-41-67(73)77-59-33-9-1-25-51(59)55-29-5-13-37-63(55)82(77)91)72(50-90)87(93-75-47-23-19-43-69(75)79-61-35-11-3-27-53(61)57-31-7-15-39-65(57)84(79)93)88(94-76-48-24-20-44-70(76)80-62-36-12-4-28-54(62)58-32-8-16-40-66(58)85(80)94)86(71)92-74-46-22-18-42-68(74)78-60-34-10-2-26-52(60)56-30-6-14-38-64(56)83(78)92/h1-48H. The molecule has 0 saturated carbocycles. The zero-order valence-corrected chi connectivity index (χ0v) is 50.4. The summed E-state index contributed by atoms with van der Waals surface area (Å²) >= 11 is 0. The second-order valence-corrected chi connectivity index (χ2v) is 25.0. The van der Waals surface area contributed by atoms with Gasteiger partial charge in [0.25, 0.3) is 0 Å². The largest absolute Gasteiger partial charge is 0.306 e. The minimum atomic E-state index is 0.349. The summed E-state index contributed by atoms with van der Waals surface area (Å²) < 4.78 is 9.66. The zero-order valence-electron chi connectivity index (χ0n) is 50.4. The number of para-hydroxylation sites is 4. The number of hydrogen-bond acceptors (Lipinski definition) is 2. The molecule has 0 unspecified atom stereocenters. The molecule has 0 aliphatic heterocycles. The first-order valence-corrected chi connectivity index (χ1v) is 32.1. The average Bonchev–Trinajstić information content (AvgIpc) is 1.48. The van der Waals surface area contributed by atoms with Crippen molar-refractivity contribution in [2.75, 3.05) is 0 Å². The van der Waals surface area contributed by atoms with Crippen LogP contribution in [0.15, 0.2) is 291 Å². The van der Waals surface area contributed by atoms with Gasteiger partial charge in [0.2, 0.25) is 0 Å². The van der Waals surface area contributed by atoms with Gasteiger partial charge in [-0.1, -0.05) is 267 Å². The third-order valence-corrected chi connectivity index (χ3v) is 20.7. The van der Waals surface area contributed by atoms with E-state index in [0.717, 1.165) is 173 Å². The quantitative estimate of drug-likeness (QED) is 0.165. The third-order valence-electron chi connectivity index (χ3n) is 20.7. The van der Waals surface area contributed by atoms with E-state index in [2.05, 4.69) is 322 Å². The van der Waals surface area contributed by atoms with Gasteiger partial charge in [0, 0.05) is 64.6 Å². The van der Waals surface area contributed by atoms with Gasteiger partial charge in [-0.15, -0.1) is 0 Å². The summed E-state index contributed by atoms with van der Waals surface area (Å²) in [6.45, 7) is 0. The summed E-state index contributed by atoms with van der Waals surface area (Å²) in [6, 6.07) is 111. The van der Waals surface area contributed by atoms with Crippen LogP contribution in [0.1, 0.15) is 11.1 Å². The van der Waals surface area contributed by atoms with Crippen molar-refractivity contribution < 1.29 is 0 Å². The fraction of sp³-hybridized carbons (Fsp3) is 0. The Labute approximate surface area is 536 Å². The van der Waals surface area contributed by atoms with Crippen LogP contribution < -0.4 is 0 Å². The van der Waals surface area contributed by atoms with Crippen LogP contribution in [0.4, 0.5) is 0 Å². The molecule has 430 valence electrons. The van der Waals surface area contributed by atoms with Crippen LogP contribution in [0.5, 0.6) is 0 Å². The predicted octanol–water partition coefficient (Wildman–Crippen LogP) is 23.0. The lowest BCUT2D eigenvalue weighted by molar-refractivity contribution is 1.02. The Morgan fingerprint density at radius 2 is 0.340 bits per heavy atom. The molecular formula is C88H48N6. The molecule has 6 heteroatoms. The van der Waals surface area contributed by atoms with Crippen LogP contribution in [0.2, 0.25) is 0 Å². The topological polar surface area (TPSA) is 67.3 Å². The minimum absolute atomic E-state index is 0.349.